The zero-order valence-corrected chi connectivity index (χ0v) is 14.4. The van der Waals surface area contributed by atoms with Crippen LogP contribution in [0.1, 0.15) is 49.3 Å². The van der Waals surface area contributed by atoms with E-state index in [4.69, 9.17) is 20.1 Å². The van der Waals surface area contributed by atoms with Crippen molar-refractivity contribution >= 4 is 22.8 Å². The summed E-state index contributed by atoms with van der Waals surface area (Å²) in [4.78, 5) is 9.48. The summed E-state index contributed by atoms with van der Waals surface area (Å²) in [5, 5.41) is 11.1. The average Bonchev–Trinajstić information content (AvgIpc) is 2.63. The fourth-order valence-electron chi connectivity index (χ4n) is 3.51. The largest absolute Gasteiger partial charge is 0.388 e. The van der Waals surface area contributed by atoms with Gasteiger partial charge in [0.1, 0.15) is 0 Å². The zero-order chi connectivity index (χ0) is 17.1. The molecule has 1 aliphatic carbocycles. The SMILES string of the molecule is N=C/C(=C\NC1CCC1)c1cnc2c(C3CCOCC3)cccc2n1. The number of aromatic nitrogens is 2. The Bertz CT molecular complexity index is 791. The molecule has 2 N–H and O–H groups in total. The van der Waals surface area contributed by atoms with Gasteiger partial charge in [0.05, 0.1) is 22.9 Å². The van der Waals surface area contributed by atoms with Gasteiger partial charge in [0, 0.05) is 37.2 Å². The molecule has 0 atom stereocenters. The van der Waals surface area contributed by atoms with E-state index in [-0.39, 0.29) is 0 Å². The maximum atomic E-state index is 7.71. The molecular weight excluding hydrogens is 312 g/mol. The van der Waals surface area contributed by atoms with Crippen molar-refractivity contribution in [1.29, 1.82) is 5.41 Å². The molecule has 2 fully saturated rings. The average molecular weight is 336 g/mol. The fourth-order valence-corrected chi connectivity index (χ4v) is 3.51. The summed E-state index contributed by atoms with van der Waals surface area (Å²) >= 11 is 0. The van der Waals surface area contributed by atoms with Crippen molar-refractivity contribution in [1.82, 2.24) is 15.3 Å². The Kier molecular flexibility index (Phi) is 4.74. The number of hydrogen-bond donors (Lipinski definition) is 2. The predicted octanol–water partition coefficient (Wildman–Crippen LogP) is 3.66. The van der Waals surface area contributed by atoms with Crippen LogP contribution in [0.25, 0.3) is 16.6 Å². The molecule has 130 valence electrons. The molecule has 2 heterocycles. The number of nitrogens with one attached hydrogen (secondary N) is 2. The van der Waals surface area contributed by atoms with Crippen molar-refractivity contribution in [2.45, 2.75) is 44.1 Å². The lowest BCUT2D eigenvalue weighted by Gasteiger charge is -2.25. The van der Waals surface area contributed by atoms with E-state index in [1.54, 1.807) is 6.20 Å². The maximum absolute atomic E-state index is 7.71. The van der Waals surface area contributed by atoms with Crippen molar-refractivity contribution in [2.24, 2.45) is 0 Å². The van der Waals surface area contributed by atoms with E-state index in [9.17, 15) is 0 Å². The van der Waals surface area contributed by atoms with Crippen molar-refractivity contribution in [2.75, 3.05) is 13.2 Å². The number of ether oxygens (including phenoxy) is 1. The highest BCUT2D eigenvalue weighted by Gasteiger charge is 2.19. The molecule has 0 bridgehead atoms. The minimum Gasteiger partial charge on any atom is -0.388 e. The van der Waals surface area contributed by atoms with E-state index in [1.807, 2.05) is 12.3 Å². The van der Waals surface area contributed by atoms with Crippen LogP contribution >= 0.6 is 0 Å². The predicted molar refractivity (Wildman–Crippen MR) is 99.9 cm³/mol. The van der Waals surface area contributed by atoms with Crippen LogP contribution in [-0.4, -0.2) is 35.4 Å². The second-order valence-electron chi connectivity index (χ2n) is 6.90. The van der Waals surface area contributed by atoms with Crippen LogP contribution in [0.5, 0.6) is 0 Å². The smallest absolute Gasteiger partial charge is 0.0922 e. The number of nitrogens with zero attached hydrogens (tertiary/aromatic N) is 2. The van der Waals surface area contributed by atoms with Gasteiger partial charge in [0.2, 0.25) is 0 Å². The van der Waals surface area contributed by atoms with E-state index in [0.717, 1.165) is 48.4 Å². The first-order chi connectivity index (χ1) is 12.3. The molecule has 0 amide bonds. The van der Waals surface area contributed by atoms with Gasteiger partial charge in [-0.25, -0.2) is 4.98 Å². The molecule has 1 aromatic heterocycles. The molecule has 25 heavy (non-hydrogen) atoms. The van der Waals surface area contributed by atoms with Crippen molar-refractivity contribution in [3.05, 3.63) is 41.9 Å². The lowest BCUT2D eigenvalue weighted by Crippen LogP contribution is -2.31. The monoisotopic (exact) mass is 336 g/mol. The molecule has 1 aromatic carbocycles. The van der Waals surface area contributed by atoms with Gasteiger partial charge in [-0.05, 0) is 49.7 Å². The minimum absolute atomic E-state index is 0.496. The first-order valence-corrected chi connectivity index (χ1v) is 9.15. The molecule has 2 aromatic rings. The van der Waals surface area contributed by atoms with Gasteiger partial charge in [0.15, 0.2) is 0 Å². The molecule has 1 saturated heterocycles. The number of hydrogen-bond acceptors (Lipinski definition) is 5. The molecule has 0 radical (unpaired) electrons. The Hall–Kier alpha value is -2.27. The first-order valence-electron chi connectivity index (χ1n) is 9.15. The summed E-state index contributed by atoms with van der Waals surface area (Å²) < 4.78 is 5.48. The molecule has 1 aliphatic heterocycles. The third-order valence-electron chi connectivity index (χ3n) is 5.29. The number of rotatable bonds is 5. The summed E-state index contributed by atoms with van der Waals surface area (Å²) in [5.74, 6) is 0.496. The third-order valence-corrected chi connectivity index (χ3v) is 5.29. The number of allylic oxidation sites excluding steroid dienone is 1. The summed E-state index contributed by atoms with van der Waals surface area (Å²) in [6, 6.07) is 6.78. The molecule has 5 nitrogen and oxygen atoms in total. The fraction of sp³-hybridized carbons (Fsp3) is 0.450. The molecule has 0 unspecified atom stereocenters. The normalized spacial score (nSPS) is 19.6. The Labute approximate surface area is 148 Å². The van der Waals surface area contributed by atoms with Gasteiger partial charge in [-0.3, -0.25) is 4.98 Å². The lowest BCUT2D eigenvalue weighted by molar-refractivity contribution is 0.0856. The van der Waals surface area contributed by atoms with Gasteiger partial charge >= 0.3 is 0 Å². The minimum atomic E-state index is 0.496. The Morgan fingerprint density at radius 2 is 2.04 bits per heavy atom. The number of fused-ring (bicyclic) bond motifs is 1. The van der Waals surface area contributed by atoms with Crippen LogP contribution in [-0.2, 0) is 4.74 Å². The number of benzene rings is 1. The topological polar surface area (TPSA) is 70.9 Å². The molecular formula is C20H24N4O. The van der Waals surface area contributed by atoms with Crippen LogP contribution in [0.3, 0.4) is 0 Å². The van der Waals surface area contributed by atoms with E-state index >= 15 is 0 Å². The van der Waals surface area contributed by atoms with Crippen LogP contribution < -0.4 is 5.32 Å². The highest BCUT2D eigenvalue weighted by atomic mass is 16.5. The van der Waals surface area contributed by atoms with Crippen molar-refractivity contribution in [3.8, 4) is 0 Å². The second-order valence-corrected chi connectivity index (χ2v) is 6.90. The van der Waals surface area contributed by atoms with Crippen LogP contribution in [0.15, 0.2) is 30.6 Å². The number of para-hydroxylation sites is 1. The third kappa shape index (κ3) is 3.42. The molecule has 2 aliphatic rings. The summed E-state index contributed by atoms with van der Waals surface area (Å²) in [5.41, 5.74) is 4.68. The van der Waals surface area contributed by atoms with E-state index in [0.29, 0.717) is 12.0 Å². The van der Waals surface area contributed by atoms with E-state index in [1.165, 1.54) is 31.0 Å². The summed E-state index contributed by atoms with van der Waals surface area (Å²) in [6.07, 6.45) is 10.8. The second kappa shape index (κ2) is 7.31. The summed E-state index contributed by atoms with van der Waals surface area (Å²) in [6.45, 7) is 1.64. The summed E-state index contributed by atoms with van der Waals surface area (Å²) in [7, 11) is 0. The van der Waals surface area contributed by atoms with Gasteiger partial charge < -0.3 is 15.5 Å². The lowest BCUT2D eigenvalue weighted by atomic mass is 9.90. The van der Waals surface area contributed by atoms with Gasteiger partial charge in [-0.1, -0.05) is 12.1 Å². The van der Waals surface area contributed by atoms with Crippen molar-refractivity contribution < 1.29 is 4.74 Å². The van der Waals surface area contributed by atoms with Crippen LogP contribution in [0.4, 0.5) is 0 Å². The molecule has 4 rings (SSSR count). The van der Waals surface area contributed by atoms with Gasteiger partial charge in [0.25, 0.3) is 0 Å². The Morgan fingerprint density at radius 3 is 2.76 bits per heavy atom. The Balaban J connectivity index is 1.64. The highest BCUT2D eigenvalue weighted by Crippen LogP contribution is 2.31. The van der Waals surface area contributed by atoms with Gasteiger partial charge in [-0.15, -0.1) is 0 Å². The molecule has 1 saturated carbocycles. The van der Waals surface area contributed by atoms with Gasteiger partial charge in [-0.2, -0.15) is 0 Å². The first kappa shape index (κ1) is 16.2. The quantitative estimate of drug-likeness (QED) is 0.818. The highest BCUT2D eigenvalue weighted by molar-refractivity contribution is 6.07. The standard InChI is InChI=1S/C20H24N4O/c21-11-15(12-22-16-3-1-4-16)19-13-23-20-17(5-2-6-18(20)24-19)14-7-9-25-10-8-14/h2,5-6,11-14,16,21-22H,1,3-4,7-10H2/b15-12+,21-11?. The van der Waals surface area contributed by atoms with Crippen molar-refractivity contribution in [3.63, 3.8) is 0 Å². The molecule has 0 spiro atoms. The zero-order valence-electron chi connectivity index (χ0n) is 14.4. The Morgan fingerprint density at radius 1 is 1.20 bits per heavy atom. The molecule has 5 heteroatoms. The van der Waals surface area contributed by atoms with Crippen LogP contribution in [0.2, 0.25) is 0 Å². The maximum Gasteiger partial charge on any atom is 0.0922 e. The van der Waals surface area contributed by atoms with E-state index < -0.39 is 0 Å². The van der Waals surface area contributed by atoms with E-state index in [2.05, 4.69) is 17.4 Å². The van der Waals surface area contributed by atoms with Crippen LogP contribution in [0, 0.1) is 5.41 Å².